The van der Waals surface area contributed by atoms with Crippen molar-refractivity contribution in [2.24, 2.45) is 5.92 Å². The molecule has 1 aliphatic rings. The molecule has 9 nitrogen and oxygen atoms in total. The molecule has 0 aromatic heterocycles. The number of esters is 4. The SMILES string of the molecule is CC(=O)OCC1C[C@H](O)C(OC(C)=O)C(OC(C)=O)[C@H]1OC(C)=O. The maximum absolute atomic E-state index is 11.4. The van der Waals surface area contributed by atoms with Crippen molar-refractivity contribution in [3.8, 4) is 0 Å². The maximum Gasteiger partial charge on any atom is 0.303 e. The van der Waals surface area contributed by atoms with Crippen LogP contribution in [0.25, 0.3) is 0 Å². The number of aliphatic hydroxyl groups is 1. The molecule has 3 unspecified atom stereocenters. The summed E-state index contributed by atoms with van der Waals surface area (Å²) in [5.41, 5.74) is 0. The standard InChI is InChI=1S/C15H22O9/c1-7(16)21-6-11-5-12(20)14(23-9(3)18)15(24-10(4)19)13(11)22-8(2)17/h11-15,20H,5-6H2,1-4H3/t11?,12-,13-,14?,15?/m0/s1. The molecule has 1 rings (SSSR count). The van der Waals surface area contributed by atoms with Gasteiger partial charge in [-0.1, -0.05) is 0 Å². The summed E-state index contributed by atoms with van der Waals surface area (Å²) in [6, 6.07) is 0. The number of aliphatic hydroxyl groups excluding tert-OH is 1. The molecule has 24 heavy (non-hydrogen) atoms. The molecule has 0 amide bonds. The summed E-state index contributed by atoms with van der Waals surface area (Å²) in [7, 11) is 0. The van der Waals surface area contributed by atoms with E-state index in [1.165, 1.54) is 13.8 Å². The lowest BCUT2D eigenvalue weighted by Crippen LogP contribution is -2.58. The predicted octanol–water partition coefficient (Wildman–Crippen LogP) is -0.275. The molecule has 0 aliphatic heterocycles. The highest BCUT2D eigenvalue weighted by atomic mass is 16.6. The maximum atomic E-state index is 11.4. The van der Waals surface area contributed by atoms with Gasteiger partial charge in [-0.3, -0.25) is 19.2 Å². The smallest absolute Gasteiger partial charge is 0.303 e. The fraction of sp³-hybridized carbons (Fsp3) is 0.733. The van der Waals surface area contributed by atoms with Crippen molar-refractivity contribution >= 4 is 23.9 Å². The summed E-state index contributed by atoms with van der Waals surface area (Å²) in [6.07, 6.45) is -4.57. The van der Waals surface area contributed by atoms with Crippen LogP contribution in [0.5, 0.6) is 0 Å². The molecule has 0 bridgehead atoms. The zero-order valence-corrected chi connectivity index (χ0v) is 14.0. The Kier molecular flexibility index (Phi) is 7.15. The Bertz CT molecular complexity index is 501. The molecule has 5 atom stereocenters. The van der Waals surface area contributed by atoms with Crippen LogP contribution in [0, 0.1) is 5.92 Å². The van der Waals surface area contributed by atoms with E-state index in [0.29, 0.717) is 0 Å². The normalized spacial score (nSPS) is 29.3. The quantitative estimate of drug-likeness (QED) is 0.528. The summed E-state index contributed by atoms with van der Waals surface area (Å²) in [4.78, 5) is 45.1. The summed E-state index contributed by atoms with van der Waals surface area (Å²) >= 11 is 0. The van der Waals surface area contributed by atoms with E-state index in [4.69, 9.17) is 18.9 Å². The average molecular weight is 346 g/mol. The number of carbonyl (C=O) groups excluding carboxylic acids is 4. The number of carbonyl (C=O) groups is 4. The third kappa shape index (κ3) is 5.80. The second-order valence-electron chi connectivity index (χ2n) is 5.59. The summed E-state index contributed by atoms with van der Waals surface area (Å²) in [6.45, 7) is 4.51. The molecule has 1 saturated carbocycles. The molecule has 0 spiro atoms. The third-order valence-corrected chi connectivity index (χ3v) is 3.44. The van der Waals surface area contributed by atoms with Crippen LogP contribution in [0.1, 0.15) is 34.1 Å². The molecule has 1 fully saturated rings. The van der Waals surface area contributed by atoms with E-state index < -0.39 is 54.2 Å². The summed E-state index contributed by atoms with van der Waals surface area (Å²) in [5, 5.41) is 10.2. The first-order valence-corrected chi connectivity index (χ1v) is 7.45. The first-order valence-electron chi connectivity index (χ1n) is 7.45. The molecule has 0 radical (unpaired) electrons. The largest absolute Gasteiger partial charge is 0.465 e. The van der Waals surface area contributed by atoms with Gasteiger partial charge in [0.1, 0.15) is 6.10 Å². The van der Waals surface area contributed by atoms with Crippen molar-refractivity contribution in [3.63, 3.8) is 0 Å². The molecular weight excluding hydrogens is 324 g/mol. The van der Waals surface area contributed by atoms with Gasteiger partial charge in [0.2, 0.25) is 0 Å². The van der Waals surface area contributed by atoms with Gasteiger partial charge < -0.3 is 24.1 Å². The average Bonchev–Trinajstić information content (AvgIpc) is 2.42. The molecule has 1 aliphatic carbocycles. The van der Waals surface area contributed by atoms with Crippen molar-refractivity contribution in [1.82, 2.24) is 0 Å². The fourth-order valence-electron chi connectivity index (χ4n) is 2.66. The van der Waals surface area contributed by atoms with Crippen molar-refractivity contribution in [1.29, 1.82) is 0 Å². The van der Waals surface area contributed by atoms with Crippen LogP contribution in [0.15, 0.2) is 0 Å². The van der Waals surface area contributed by atoms with Crippen LogP contribution >= 0.6 is 0 Å². The van der Waals surface area contributed by atoms with E-state index in [0.717, 1.165) is 13.8 Å². The molecule has 0 saturated heterocycles. The third-order valence-electron chi connectivity index (χ3n) is 3.44. The number of ether oxygens (including phenoxy) is 4. The van der Waals surface area contributed by atoms with Crippen LogP contribution in [0.4, 0.5) is 0 Å². The monoisotopic (exact) mass is 346 g/mol. The molecule has 0 aromatic carbocycles. The second kappa shape index (κ2) is 8.62. The van der Waals surface area contributed by atoms with Gasteiger partial charge in [0.25, 0.3) is 0 Å². The van der Waals surface area contributed by atoms with Gasteiger partial charge in [-0.2, -0.15) is 0 Å². The van der Waals surface area contributed by atoms with Gasteiger partial charge in [-0.15, -0.1) is 0 Å². The minimum atomic E-state index is -1.21. The Morgan fingerprint density at radius 1 is 0.792 bits per heavy atom. The fourth-order valence-corrected chi connectivity index (χ4v) is 2.66. The van der Waals surface area contributed by atoms with E-state index >= 15 is 0 Å². The minimum absolute atomic E-state index is 0.0287. The Labute approximate surface area is 139 Å². The van der Waals surface area contributed by atoms with Crippen molar-refractivity contribution in [2.45, 2.75) is 58.5 Å². The number of hydrogen-bond acceptors (Lipinski definition) is 9. The Morgan fingerprint density at radius 2 is 1.25 bits per heavy atom. The van der Waals surface area contributed by atoms with Crippen LogP contribution in [-0.4, -0.2) is 60.0 Å². The Hall–Kier alpha value is -2.16. The lowest BCUT2D eigenvalue weighted by molar-refractivity contribution is -0.215. The van der Waals surface area contributed by atoms with Gasteiger partial charge in [0.15, 0.2) is 12.2 Å². The van der Waals surface area contributed by atoms with Crippen molar-refractivity contribution < 1.29 is 43.2 Å². The first-order chi connectivity index (χ1) is 11.1. The zero-order chi connectivity index (χ0) is 18.4. The van der Waals surface area contributed by atoms with E-state index in [1.807, 2.05) is 0 Å². The topological polar surface area (TPSA) is 125 Å². The van der Waals surface area contributed by atoms with E-state index in [2.05, 4.69) is 0 Å². The molecule has 1 N–H and O–H groups in total. The lowest BCUT2D eigenvalue weighted by Gasteiger charge is -2.42. The van der Waals surface area contributed by atoms with E-state index in [1.54, 1.807) is 0 Å². The Balaban J connectivity index is 3.11. The van der Waals surface area contributed by atoms with E-state index in [9.17, 15) is 24.3 Å². The van der Waals surface area contributed by atoms with Gasteiger partial charge in [-0.25, -0.2) is 0 Å². The lowest BCUT2D eigenvalue weighted by atomic mass is 9.80. The molecule has 0 aromatic rings. The molecule has 0 heterocycles. The highest BCUT2D eigenvalue weighted by molar-refractivity contribution is 5.68. The summed E-state index contributed by atoms with van der Waals surface area (Å²) < 4.78 is 20.3. The highest BCUT2D eigenvalue weighted by Crippen LogP contribution is 2.32. The Morgan fingerprint density at radius 3 is 1.71 bits per heavy atom. The van der Waals surface area contributed by atoms with Crippen LogP contribution < -0.4 is 0 Å². The van der Waals surface area contributed by atoms with Gasteiger partial charge >= 0.3 is 23.9 Å². The summed E-state index contributed by atoms with van der Waals surface area (Å²) in [5.74, 6) is -3.20. The molecule has 136 valence electrons. The van der Waals surface area contributed by atoms with Crippen LogP contribution in [-0.2, 0) is 38.1 Å². The molecule has 9 heteroatoms. The highest BCUT2D eigenvalue weighted by Gasteiger charge is 2.50. The van der Waals surface area contributed by atoms with Gasteiger partial charge in [-0.05, 0) is 6.42 Å². The number of hydrogen-bond donors (Lipinski definition) is 1. The first kappa shape index (κ1) is 19.9. The van der Waals surface area contributed by atoms with Crippen molar-refractivity contribution in [2.75, 3.05) is 6.61 Å². The van der Waals surface area contributed by atoms with Crippen molar-refractivity contribution in [3.05, 3.63) is 0 Å². The number of rotatable bonds is 5. The van der Waals surface area contributed by atoms with Crippen LogP contribution in [0.2, 0.25) is 0 Å². The minimum Gasteiger partial charge on any atom is -0.465 e. The van der Waals surface area contributed by atoms with Crippen LogP contribution in [0.3, 0.4) is 0 Å². The van der Waals surface area contributed by atoms with Gasteiger partial charge in [0.05, 0.1) is 12.7 Å². The second-order valence-corrected chi connectivity index (χ2v) is 5.59. The van der Waals surface area contributed by atoms with Gasteiger partial charge in [0, 0.05) is 33.6 Å². The zero-order valence-electron chi connectivity index (χ0n) is 14.0. The van der Waals surface area contributed by atoms with E-state index in [-0.39, 0.29) is 13.0 Å². The predicted molar refractivity (Wildman–Crippen MR) is 77.4 cm³/mol. The molecular formula is C15H22O9.